The minimum Gasteiger partial charge on any atom is -0.494 e. The van der Waals surface area contributed by atoms with Gasteiger partial charge in [-0.15, -0.1) is 0 Å². The lowest BCUT2D eigenvalue weighted by Gasteiger charge is -1.97. The van der Waals surface area contributed by atoms with Crippen LogP contribution in [0.15, 0.2) is 24.3 Å². The molecule has 0 fully saturated rings. The Morgan fingerprint density at radius 3 is 2.40 bits per heavy atom. The first-order valence-corrected chi connectivity index (χ1v) is 4.32. The molecule has 0 aliphatic carbocycles. The van der Waals surface area contributed by atoms with Gasteiger partial charge in [0.15, 0.2) is 11.6 Å². The fraction of sp³-hybridized carbons (Fsp3) is 0.300. The zero-order valence-electron chi connectivity index (χ0n) is 8.44. The lowest BCUT2D eigenvalue weighted by atomic mass is 10.3. The van der Waals surface area contributed by atoms with Crippen LogP contribution in [0.1, 0.15) is 6.42 Å². The fourth-order valence-electron chi connectivity index (χ4n) is 0.734. The van der Waals surface area contributed by atoms with E-state index in [2.05, 4.69) is 4.74 Å². The molecule has 0 aliphatic rings. The minimum atomic E-state index is -0.836. The van der Waals surface area contributed by atoms with Crippen LogP contribution in [0.2, 0.25) is 0 Å². The van der Waals surface area contributed by atoms with Gasteiger partial charge in [-0.3, -0.25) is 4.79 Å². The van der Waals surface area contributed by atoms with Crippen molar-refractivity contribution in [1.82, 2.24) is 0 Å². The molecule has 15 heavy (non-hydrogen) atoms. The van der Waals surface area contributed by atoms with E-state index in [1.54, 1.807) is 18.2 Å². The number of hydrogen-bond donors (Lipinski definition) is 2. The molecule has 0 unspecified atom stereocenters. The van der Waals surface area contributed by atoms with Crippen molar-refractivity contribution in [3.05, 3.63) is 30.1 Å². The van der Waals surface area contributed by atoms with Gasteiger partial charge in [0, 0.05) is 6.54 Å². The van der Waals surface area contributed by atoms with E-state index < -0.39 is 5.97 Å². The second kappa shape index (κ2) is 7.75. The van der Waals surface area contributed by atoms with E-state index in [4.69, 9.17) is 10.8 Å². The number of methoxy groups -OCH3 is 1. The number of halogens is 1. The first-order chi connectivity index (χ1) is 7.11. The van der Waals surface area contributed by atoms with Crippen molar-refractivity contribution in [3.63, 3.8) is 0 Å². The van der Waals surface area contributed by atoms with Crippen molar-refractivity contribution >= 4 is 5.97 Å². The van der Waals surface area contributed by atoms with Gasteiger partial charge >= 0.3 is 5.97 Å². The van der Waals surface area contributed by atoms with Crippen LogP contribution in [0.4, 0.5) is 4.39 Å². The molecule has 0 amide bonds. The molecule has 4 nitrogen and oxygen atoms in total. The zero-order valence-corrected chi connectivity index (χ0v) is 8.44. The molecule has 5 heteroatoms. The number of benzene rings is 1. The van der Waals surface area contributed by atoms with E-state index in [0.717, 1.165) is 0 Å². The maximum atomic E-state index is 12.5. The lowest BCUT2D eigenvalue weighted by molar-refractivity contribution is -0.136. The van der Waals surface area contributed by atoms with E-state index in [9.17, 15) is 9.18 Å². The highest BCUT2D eigenvalue weighted by molar-refractivity contribution is 5.66. The monoisotopic (exact) mass is 215 g/mol. The predicted octanol–water partition coefficient (Wildman–Crippen LogP) is 1.25. The summed E-state index contributed by atoms with van der Waals surface area (Å²) in [5.41, 5.74) is 4.85. The van der Waals surface area contributed by atoms with Crippen molar-refractivity contribution in [3.8, 4) is 5.75 Å². The Morgan fingerprint density at radius 1 is 1.53 bits per heavy atom. The number of hydrogen-bond acceptors (Lipinski definition) is 3. The minimum absolute atomic E-state index is 0.0694. The zero-order chi connectivity index (χ0) is 11.7. The van der Waals surface area contributed by atoms with Crippen molar-refractivity contribution in [1.29, 1.82) is 0 Å². The number of carboxylic acids is 1. The van der Waals surface area contributed by atoms with Crippen LogP contribution in [0.5, 0.6) is 5.75 Å². The van der Waals surface area contributed by atoms with Gasteiger partial charge in [0.1, 0.15) is 0 Å². The number of ether oxygens (including phenoxy) is 1. The van der Waals surface area contributed by atoms with Gasteiger partial charge in [0.05, 0.1) is 13.5 Å². The molecular formula is C10H14FNO3. The van der Waals surface area contributed by atoms with Crippen LogP contribution in [0.3, 0.4) is 0 Å². The normalized spacial score (nSPS) is 8.73. The molecule has 84 valence electrons. The maximum Gasteiger partial charge on any atom is 0.304 e. The summed E-state index contributed by atoms with van der Waals surface area (Å²) in [4.78, 5) is 9.52. The first kappa shape index (κ1) is 13.4. The lowest BCUT2D eigenvalue weighted by Crippen LogP contribution is -2.05. The fourth-order valence-corrected chi connectivity index (χ4v) is 0.734. The molecule has 1 aromatic carbocycles. The van der Waals surface area contributed by atoms with Crippen molar-refractivity contribution < 1.29 is 19.0 Å². The third kappa shape index (κ3) is 6.45. The number of para-hydroxylation sites is 1. The van der Waals surface area contributed by atoms with Crippen molar-refractivity contribution in [2.75, 3.05) is 13.7 Å². The highest BCUT2D eigenvalue weighted by atomic mass is 19.1. The smallest absolute Gasteiger partial charge is 0.304 e. The van der Waals surface area contributed by atoms with Crippen LogP contribution >= 0.6 is 0 Å². The van der Waals surface area contributed by atoms with Gasteiger partial charge in [-0.05, 0) is 12.1 Å². The van der Waals surface area contributed by atoms with Gasteiger partial charge < -0.3 is 15.6 Å². The maximum absolute atomic E-state index is 12.5. The van der Waals surface area contributed by atoms with Gasteiger partial charge in [0.25, 0.3) is 0 Å². The first-order valence-electron chi connectivity index (χ1n) is 4.32. The average molecular weight is 215 g/mol. The number of rotatable bonds is 3. The molecule has 0 aromatic heterocycles. The molecule has 1 rings (SSSR count). The number of carboxylic acid groups (broad SMARTS) is 1. The van der Waals surface area contributed by atoms with Gasteiger partial charge in [-0.25, -0.2) is 4.39 Å². The average Bonchev–Trinajstić information content (AvgIpc) is 2.19. The Labute approximate surface area is 87.5 Å². The quantitative estimate of drug-likeness (QED) is 0.796. The van der Waals surface area contributed by atoms with Gasteiger partial charge in [-0.2, -0.15) is 0 Å². The van der Waals surface area contributed by atoms with E-state index >= 15 is 0 Å². The SMILES string of the molecule is COc1ccccc1F.NCCC(=O)O. The van der Waals surface area contributed by atoms with Crippen LogP contribution in [0.25, 0.3) is 0 Å². The summed E-state index contributed by atoms with van der Waals surface area (Å²) >= 11 is 0. The molecule has 0 radical (unpaired) electrons. The van der Waals surface area contributed by atoms with E-state index in [-0.39, 0.29) is 24.5 Å². The summed E-state index contributed by atoms with van der Waals surface area (Å²) in [7, 11) is 1.44. The van der Waals surface area contributed by atoms with Crippen LogP contribution in [-0.2, 0) is 4.79 Å². The summed E-state index contributed by atoms with van der Waals surface area (Å²) in [6, 6.07) is 6.29. The van der Waals surface area contributed by atoms with Gasteiger partial charge in [0.2, 0.25) is 0 Å². The summed E-state index contributed by atoms with van der Waals surface area (Å²) in [6.07, 6.45) is 0.0694. The predicted molar refractivity (Wildman–Crippen MR) is 54.3 cm³/mol. The topological polar surface area (TPSA) is 72.5 Å². The largest absolute Gasteiger partial charge is 0.494 e. The Bertz CT molecular complexity index is 304. The van der Waals surface area contributed by atoms with Crippen LogP contribution in [0, 0.1) is 5.82 Å². The van der Waals surface area contributed by atoms with Gasteiger partial charge in [-0.1, -0.05) is 12.1 Å². The Balaban J connectivity index is 0.000000288. The molecule has 0 atom stereocenters. The third-order valence-corrected chi connectivity index (χ3v) is 1.41. The molecule has 0 aliphatic heterocycles. The van der Waals surface area contributed by atoms with Crippen molar-refractivity contribution in [2.45, 2.75) is 6.42 Å². The highest BCUT2D eigenvalue weighted by Gasteiger charge is 1.95. The summed E-state index contributed by atoms with van der Waals surface area (Å²) in [5.74, 6) is -0.866. The number of aliphatic carboxylic acids is 1. The molecule has 0 bridgehead atoms. The highest BCUT2D eigenvalue weighted by Crippen LogP contribution is 2.13. The summed E-state index contributed by atoms with van der Waals surface area (Å²) in [5, 5.41) is 7.83. The Kier molecular flexibility index (Phi) is 6.92. The molecule has 0 heterocycles. The van der Waals surface area contributed by atoms with E-state index in [0.29, 0.717) is 0 Å². The summed E-state index contributed by atoms with van der Waals surface area (Å²) in [6.45, 7) is 0.231. The second-order valence-corrected chi connectivity index (χ2v) is 2.57. The summed E-state index contributed by atoms with van der Waals surface area (Å²) < 4.78 is 17.1. The van der Waals surface area contributed by atoms with Crippen LogP contribution < -0.4 is 10.5 Å². The standard InChI is InChI=1S/C7H7FO.C3H7NO2/c1-9-7-5-3-2-4-6(7)8;4-2-1-3(5)6/h2-5H,1H3;1-2,4H2,(H,5,6). The molecule has 0 saturated carbocycles. The second-order valence-electron chi connectivity index (χ2n) is 2.57. The number of carbonyl (C=O) groups is 1. The third-order valence-electron chi connectivity index (χ3n) is 1.41. The molecule has 0 spiro atoms. The molecule has 1 aromatic rings. The molecule has 0 saturated heterocycles. The number of nitrogens with two attached hydrogens (primary N) is 1. The molecular weight excluding hydrogens is 201 g/mol. The van der Waals surface area contributed by atoms with E-state index in [1.807, 2.05) is 0 Å². The van der Waals surface area contributed by atoms with Crippen LogP contribution in [-0.4, -0.2) is 24.7 Å². The Hall–Kier alpha value is -1.62. The van der Waals surface area contributed by atoms with E-state index in [1.165, 1.54) is 13.2 Å². The van der Waals surface area contributed by atoms with Crippen molar-refractivity contribution in [2.24, 2.45) is 5.73 Å². The Morgan fingerprint density at radius 2 is 2.13 bits per heavy atom. The molecule has 3 N–H and O–H groups in total.